The summed E-state index contributed by atoms with van der Waals surface area (Å²) in [7, 11) is 0. The molecule has 1 fully saturated rings. The maximum atomic E-state index is 13.6. The Morgan fingerprint density at radius 3 is 2.20 bits per heavy atom. The summed E-state index contributed by atoms with van der Waals surface area (Å²) in [4.78, 5) is 39.8. The number of unbranched alkanes of at least 4 members (excludes halogenated alkanes) is 1. The van der Waals surface area contributed by atoms with Gasteiger partial charge in [-0.3, -0.25) is 9.59 Å². The van der Waals surface area contributed by atoms with Crippen LogP contribution in [0.1, 0.15) is 88.6 Å². The van der Waals surface area contributed by atoms with Crippen LogP contribution in [0.15, 0.2) is 53.4 Å². The second-order valence-electron chi connectivity index (χ2n) is 11.8. The summed E-state index contributed by atoms with van der Waals surface area (Å²) in [6.45, 7) is 9.61. The lowest BCUT2D eigenvalue weighted by atomic mass is 9.71. The van der Waals surface area contributed by atoms with Gasteiger partial charge in [-0.1, -0.05) is 46.2 Å². The van der Waals surface area contributed by atoms with Crippen LogP contribution in [0.25, 0.3) is 0 Å². The Labute approximate surface area is 243 Å². The topological polar surface area (TPSA) is 98.7 Å². The highest BCUT2D eigenvalue weighted by Crippen LogP contribution is 2.39. The number of carbonyl (C=O) groups excluding carboxylic acids is 2. The van der Waals surface area contributed by atoms with Gasteiger partial charge in [-0.2, -0.15) is 0 Å². The number of nitrogens with one attached hydrogen (secondary N) is 2. The quantitative estimate of drug-likeness (QED) is 0.183. The number of aliphatic carboxylic acids is 1. The smallest absolute Gasteiger partial charge is 0.322 e. The second-order valence-corrected chi connectivity index (χ2v) is 12.9. The van der Waals surface area contributed by atoms with Gasteiger partial charge in [0.15, 0.2) is 0 Å². The van der Waals surface area contributed by atoms with Gasteiger partial charge < -0.3 is 20.6 Å². The van der Waals surface area contributed by atoms with E-state index in [2.05, 4.69) is 50.5 Å². The van der Waals surface area contributed by atoms with Gasteiger partial charge >= 0.3 is 12.0 Å². The molecule has 0 spiro atoms. The molecule has 0 aliphatic heterocycles. The number of benzene rings is 2. The van der Waals surface area contributed by atoms with Crippen LogP contribution in [-0.4, -0.2) is 46.3 Å². The molecule has 1 aliphatic rings. The largest absolute Gasteiger partial charge is 0.481 e. The van der Waals surface area contributed by atoms with E-state index in [1.54, 1.807) is 12.1 Å². The lowest BCUT2D eigenvalue weighted by molar-refractivity contribution is -0.136. The number of amides is 3. The number of urea groups is 1. The predicted molar refractivity (Wildman–Crippen MR) is 163 cm³/mol. The van der Waals surface area contributed by atoms with E-state index in [4.69, 9.17) is 5.11 Å². The van der Waals surface area contributed by atoms with Crippen LogP contribution in [0.4, 0.5) is 10.5 Å². The van der Waals surface area contributed by atoms with Crippen molar-refractivity contribution < 1.29 is 19.5 Å². The molecule has 0 unspecified atom stereocenters. The Kier molecular flexibility index (Phi) is 11.9. The number of anilines is 1. The van der Waals surface area contributed by atoms with Crippen LogP contribution in [0.5, 0.6) is 0 Å². The van der Waals surface area contributed by atoms with Gasteiger partial charge in [0.05, 0.1) is 6.42 Å². The van der Waals surface area contributed by atoms with Crippen molar-refractivity contribution in [3.05, 3.63) is 59.7 Å². The molecule has 3 N–H and O–H groups in total. The van der Waals surface area contributed by atoms with E-state index in [1.165, 1.54) is 17.7 Å². The molecule has 1 aliphatic carbocycles. The zero-order valence-electron chi connectivity index (χ0n) is 24.4. The third kappa shape index (κ3) is 9.88. The van der Waals surface area contributed by atoms with Crippen molar-refractivity contribution in [3.63, 3.8) is 0 Å². The number of rotatable bonds is 12. The first-order valence-corrected chi connectivity index (χ1v) is 15.4. The van der Waals surface area contributed by atoms with E-state index in [1.807, 2.05) is 40.9 Å². The molecule has 2 aromatic rings. The first kappa shape index (κ1) is 31.5. The van der Waals surface area contributed by atoms with Crippen LogP contribution in [-0.2, 0) is 11.3 Å². The van der Waals surface area contributed by atoms with Gasteiger partial charge in [-0.05, 0) is 91.2 Å². The Balaban J connectivity index is 1.69. The first-order chi connectivity index (χ1) is 19.1. The number of thioether (sulfide) groups is 1. The molecule has 2 aromatic carbocycles. The number of carboxylic acids is 1. The molecular weight excluding hydrogens is 522 g/mol. The molecule has 7 nitrogen and oxygen atoms in total. The van der Waals surface area contributed by atoms with E-state index in [0.717, 1.165) is 42.7 Å². The Bertz CT molecular complexity index is 1100. The van der Waals surface area contributed by atoms with Crippen molar-refractivity contribution in [3.8, 4) is 0 Å². The Morgan fingerprint density at radius 2 is 1.62 bits per heavy atom. The number of carbonyl (C=O) groups is 3. The predicted octanol–water partition coefficient (Wildman–Crippen LogP) is 7.42. The Hall–Kier alpha value is -3.00. The minimum atomic E-state index is -0.952. The highest BCUT2D eigenvalue weighted by Gasteiger charge is 2.33. The average molecular weight is 568 g/mol. The van der Waals surface area contributed by atoms with Crippen LogP contribution in [0.2, 0.25) is 0 Å². The van der Waals surface area contributed by atoms with Crippen molar-refractivity contribution in [2.24, 2.45) is 11.3 Å². The van der Waals surface area contributed by atoms with Crippen LogP contribution in [0, 0.1) is 11.3 Å². The first-order valence-electron chi connectivity index (χ1n) is 14.5. The van der Waals surface area contributed by atoms with E-state index < -0.39 is 5.97 Å². The average Bonchev–Trinajstić information content (AvgIpc) is 2.92. The zero-order chi connectivity index (χ0) is 29.1. The molecule has 0 atom stereocenters. The molecule has 3 amide bonds. The van der Waals surface area contributed by atoms with Gasteiger partial charge in [0, 0.05) is 35.3 Å². The molecule has 0 aromatic heterocycles. The Morgan fingerprint density at radius 1 is 0.975 bits per heavy atom. The van der Waals surface area contributed by atoms with Crippen molar-refractivity contribution in [2.45, 2.75) is 90.1 Å². The fourth-order valence-electron chi connectivity index (χ4n) is 5.13. The lowest BCUT2D eigenvalue weighted by Gasteiger charge is -2.41. The fraction of sp³-hybridized carbons (Fsp3) is 0.531. The molecule has 0 heterocycles. The molecule has 218 valence electrons. The third-order valence-corrected chi connectivity index (χ3v) is 8.79. The highest BCUT2D eigenvalue weighted by molar-refractivity contribution is 7.99. The molecule has 8 heteroatoms. The standard InChI is InChI=1S/C32H45N3O4S/c1-5-6-21-40-28-17-13-26(14-18-28)34-31(39)35(27-15-11-25(12-16-27)32(2,3)4)22-23-7-9-24(10-8-23)30(38)33-20-19-29(36)37/h7-10,13-14,17-18,25,27H,5-6,11-12,15-16,19-22H2,1-4H3,(H,33,38)(H,34,39)(H,36,37). The minimum absolute atomic E-state index is 0.0829. The normalized spacial score (nSPS) is 17.2. The summed E-state index contributed by atoms with van der Waals surface area (Å²) in [6, 6.07) is 15.3. The molecule has 3 rings (SSSR count). The minimum Gasteiger partial charge on any atom is -0.481 e. The lowest BCUT2D eigenvalue weighted by Crippen LogP contribution is -2.45. The SMILES string of the molecule is CCCCSc1ccc(NC(=O)N(Cc2ccc(C(=O)NCCC(=O)O)cc2)C2CCC(C(C)(C)C)CC2)cc1. The van der Waals surface area contributed by atoms with Gasteiger partial charge in [0.25, 0.3) is 5.91 Å². The monoisotopic (exact) mass is 567 g/mol. The van der Waals surface area contributed by atoms with E-state index >= 15 is 0 Å². The fourth-order valence-corrected chi connectivity index (χ4v) is 6.12. The van der Waals surface area contributed by atoms with Gasteiger partial charge in [0.1, 0.15) is 0 Å². The van der Waals surface area contributed by atoms with E-state index in [0.29, 0.717) is 18.0 Å². The van der Waals surface area contributed by atoms with Crippen molar-refractivity contribution in [2.75, 3.05) is 17.6 Å². The van der Waals surface area contributed by atoms with Crippen molar-refractivity contribution in [1.82, 2.24) is 10.2 Å². The zero-order valence-corrected chi connectivity index (χ0v) is 25.2. The molecule has 40 heavy (non-hydrogen) atoms. The van der Waals surface area contributed by atoms with Crippen LogP contribution < -0.4 is 10.6 Å². The van der Waals surface area contributed by atoms with Gasteiger partial charge in [0.2, 0.25) is 0 Å². The second kappa shape index (κ2) is 15.1. The molecule has 0 saturated heterocycles. The van der Waals surface area contributed by atoms with Gasteiger partial charge in [-0.15, -0.1) is 11.8 Å². The summed E-state index contributed by atoms with van der Waals surface area (Å²) < 4.78 is 0. The van der Waals surface area contributed by atoms with E-state index in [9.17, 15) is 14.4 Å². The van der Waals surface area contributed by atoms with Gasteiger partial charge in [-0.25, -0.2) is 4.79 Å². The van der Waals surface area contributed by atoms with Crippen LogP contribution >= 0.6 is 11.8 Å². The number of nitrogens with zero attached hydrogens (tertiary/aromatic N) is 1. The maximum absolute atomic E-state index is 13.6. The number of hydrogen-bond acceptors (Lipinski definition) is 4. The molecule has 1 saturated carbocycles. The van der Waals surface area contributed by atoms with E-state index in [-0.39, 0.29) is 36.4 Å². The summed E-state index contributed by atoms with van der Waals surface area (Å²) >= 11 is 1.84. The molecule has 0 bridgehead atoms. The van der Waals surface area contributed by atoms with Crippen molar-refractivity contribution >= 4 is 35.4 Å². The molecule has 0 radical (unpaired) electrons. The number of carboxylic acid groups (broad SMARTS) is 1. The summed E-state index contributed by atoms with van der Waals surface area (Å²) in [6.07, 6.45) is 6.36. The van der Waals surface area contributed by atoms with Crippen LogP contribution in [0.3, 0.4) is 0 Å². The third-order valence-electron chi connectivity index (χ3n) is 7.69. The maximum Gasteiger partial charge on any atom is 0.322 e. The summed E-state index contributed by atoms with van der Waals surface area (Å²) in [5.41, 5.74) is 2.45. The van der Waals surface area contributed by atoms with Crippen molar-refractivity contribution in [1.29, 1.82) is 0 Å². The highest BCUT2D eigenvalue weighted by atomic mass is 32.2. The molecular formula is C32H45N3O4S. The summed E-state index contributed by atoms with van der Waals surface area (Å²) in [5, 5.41) is 14.5. The summed E-state index contributed by atoms with van der Waals surface area (Å²) in [5.74, 6) is 0.479. The number of hydrogen-bond donors (Lipinski definition) is 3.